The number of imide groups is 2. The Balaban J connectivity index is 0.000000994. The molecule has 4 saturated carbocycles. The third kappa shape index (κ3) is 7.85. The normalized spacial score (nSPS) is 29.5. The average Bonchev–Trinajstić information content (AvgIpc) is 3.75. The van der Waals surface area contributed by atoms with Crippen LogP contribution < -0.4 is 31.1 Å². The van der Waals surface area contributed by atoms with Crippen LogP contribution in [-0.4, -0.2) is 133 Å². The molecule has 3 saturated heterocycles. The summed E-state index contributed by atoms with van der Waals surface area (Å²) in [6.07, 6.45) is 8.69. The molecule has 336 valence electrons. The van der Waals surface area contributed by atoms with Crippen LogP contribution in [0.5, 0.6) is 5.75 Å². The second-order valence-corrected chi connectivity index (χ2v) is 18.7. The van der Waals surface area contributed by atoms with Crippen molar-refractivity contribution in [1.29, 1.82) is 0 Å². The van der Waals surface area contributed by atoms with Crippen molar-refractivity contribution in [2.45, 2.75) is 97.2 Å². The summed E-state index contributed by atoms with van der Waals surface area (Å²) in [6, 6.07) is 10.8. The molecular weight excluding hydrogens is 785 g/mol. The smallest absolute Gasteiger partial charge is 0.262 e. The number of nitrogens with one attached hydrogen (secondary N) is 4. The first-order valence-electron chi connectivity index (χ1n) is 23.2. The van der Waals surface area contributed by atoms with E-state index in [0.29, 0.717) is 28.6 Å². The van der Waals surface area contributed by atoms with Crippen molar-refractivity contribution in [3.63, 3.8) is 0 Å². The number of fused-ring (bicyclic) bond motifs is 2. The molecule has 6 heterocycles. The minimum Gasteiger partial charge on any atom is -0.488 e. The maximum absolute atomic E-state index is 13.4. The zero-order valence-electron chi connectivity index (χ0n) is 37.1. The molecule has 2 unspecified atom stereocenters. The summed E-state index contributed by atoms with van der Waals surface area (Å²) in [4.78, 5) is 66.6. The molecule has 12 rings (SSSR count). The summed E-state index contributed by atoms with van der Waals surface area (Å²) in [7, 11) is 0. The molecule has 6 aliphatic heterocycles. The van der Waals surface area contributed by atoms with Crippen LogP contribution in [0.25, 0.3) is 0 Å². The maximum Gasteiger partial charge on any atom is 0.262 e. The van der Waals surface area contributed by atoms with Crippen molar-refractivity contribution >= 4 is 40.8 Å². The topological polar surface area (TPSA) is 154 Å². The average molecular weight is 853 g/mol. The van der Waals surface area contributed by atoms with E-state index in [1.54, 1.807) is 12.1 Å². The fraction of sp³-hybridized carbons (Fsp3) is 0.596. The lowest BCUT2D eigenvalue weighted by atomic mass is 9.35. The molecule has 2 bridgehead atoms. The number of hydrazine groups is 1. The number of rotatable bonds is 9. The van der Waals surface area contributed by atoms with Crippen LogP contribution in [0, 0.1) is 10.8 Å². The molecule has 2 aromatic carbocycles. The first-order chi connectivity index (χ1) is 30.0. The fourth-order valence-electron chi connectivity index (χ4n) is 11.3. The summed E-state index contributed by atoms with van der Waals surface area (Å²) in [5.41, 5.74) is 12.8. The van der Waals surface area contributed by atoms with Crippen molar-refractivity contribution in [3.8, 4) is 5.75 Å². The highest BCUT2D eigenvalue weighted by atomic mass is 16.5. The van der Waals surface area contributed by atoms with Gasteiger partial charge in [0.15, 0.2) is 0 Å². The number of aliphatic imine (C=N–C) groups is 1. The molecular formula is C47H68N10O5. The molecule has 15 heteroatoms. The van der Waals surface area contributed by atoms with E-state index in [9.17, 15) is 19.2 Å². The molecule has 4 N–H and O–H groups in total. The number of carbonyl (C=O) groups excluding carboxylic acids is 4. The van der Waals surface area contributed by atoms with Crippen molar-refractivity contribution in [3.05, 3.63) is 64.9 Å². The Bertz CT molecular complexity index is 2160. The highest BCUT2D eigenvalue weighted by Gasteiger charge is 2.67. The minimum atomic E-state index is -0.951. The molecule has 7 fully saturated rings. The Kier molecular flexibility index (Phi) is 11.3. The van der Waals surface area contributed by atoms with E-state index in [0.717, 1.165) is 105 Å². The Labute approximate surface area is 368 Å². The molecule has 0 spiro atoms. The summed E-state index contributed by atoms with van der Waals surface area (Å²) in [5.74, 6) is 0.120. The van der Waals surface area contributed by atoms with E-state index in [4.69, 9.17) is 9.73 Å². The first kappa shape index (κ1) is 42.3. The number of hydrogen-bond acceptors (Lipinski definition) is 13. The van der Waals surface area contributed by atoms with Gasteiger partial charge in [0.1, 0.15) is 29.9 Å². The molecule has 2 aromatic rings. The van der Waals surface area contributed by atoms with Gasteiger partial charge in [-0.3, -0.25) is 39.2 Å². The molecule has 4 aliphatic carbocycles. The van der Waals surface area contributed by atoms with Gasteiger partial charge in [0, 0.05) is 97.7 Å². The summed E-state index contributed by atoms with van der Waals surface area (Å²) in [6.45, 7) is 20.9. The third-order valence-corrected chi connectivity index (χ3v) is 14.3. The van der Waals surface area contributed by atoms with E-state index < -0.39 is 23.8 Å². The van der Waals surface area contributed by atoms with Crippen LogP contribution in [0.15, 0.2) is 53.2 Å². The Morgan fingerprint density at radius 1 is 0.790 bits per heavy atom. The SMILES string of the molecule is CC.CC.CC1(Oc2ccc3c(c2)C(C2=CC(N4CCN(CC56CC(CN7CCN(c8ccc9c(c8)C(=O)N(C8CCC(=O)NC8=O)C9=O)CC7)(C5)C6)CC4)=NCN2)NN3)CC1.[HH].[HH]. The number of anilines is 2. The zero-order valence-corrected chi connectivity index (χ0v) is 37.1. The molecule has 15 nitrogen and oxygen atoms in total. The monoisotopic (exact) mass is 853 g/mol. The highest BCUT2D eigenvalue weighted by Crippen LogP contribution is 2.73. The number of benzene rings is 2. The quantitative estimate of drug-likeness (QED) is 0.252. The Morgan fingerprint density at radius 3 is 2.08 bits per heavy atom. The van der Waals surface area contributed by atoms with Crippen LogP contribution >= 0.6 is 0 Å². The number of nitrogens with zero attached hydrogens (tertiary/aromatic N) is 6. The molecule has 10 aliphatic rings. The van der Waals surface area contributed by atoms with Crippen LogP contribution in [0.2, 0.25) is 0 Å². The largest absolute Gasteiger partial charge is 0.488 e. The standard InChI is InChI=1S/C43H52N10O5.2C2H6.2H2/c1-41(8-9-41)58-28-3-5-32-31(19-28)37(48-47-32)33-20-35(45-26-44-33)52-16-12-50(13-17-52)25-43-21-42(22-43,23-43)24-49-10-14-51(15-11-49)27-2-4-29-30(18-27)40(57)53(39(29)56)34-6-7-36(54)46-38(34)55;2*1-2;;/h2-5,18-20,34,37,44,47-48H,6-17,21-26H2,1H3,(H,46,54,55);2*1-2H3;2*1H. The number of amidine groups is 1. The van der Waals surface area contributed by atoms with Gasteiger partial charge in [-0.25, -0.2) is 10.4 Å². The lowest BCUT2D eigenvalue weighted by molar-refractivity contribution is -0.223. The van der Waals surface area contributed by atoms with Gasteiger partial charge in [-0.2, -0.15) is 0 Å². The number of ether oxygens (including phenoxy) is 1. The maximum atomic E-state index is 13.4. The van der Waals surface area contributed by atoms with Gasteiger partial charge in [0.2, 0.25) is 11.8 Å². The van der Waals surface area contributed by atoms with E-state index >= 15 is 0 Å². The molecule has 4 amide bonds. The number of piperazine rings is 2. The Morgan fingerprint density at radius 2 is 1.44 bits per heavy atom. The molecule has 0 aromatic heterocycles. The van der Waals surface area contributed by atoms with Crippen molar-refractivity contribution in [2.75, 3.05) is 82.4 Å². The highest BCUT2D eigenvalue weighted by molar-refractivity contribution is 6.23. The summed E-state index contributed by atoms with van der Waals surface area (Å²) < 4.78 is 6.28. The van der Waals surface area contributed by atoms with Gasteiger partial charge in [-0.1, -0.05) is 27.7 Å². The lowest BCUT2D eigenvalue weighted by Gasteiger charge is -2.73. The first-order valence-corrected chi connectivity index (χ1v) is 23.2. The summed E-state index contributed by atoms with van der Waals surface area (Å²) >= 11 is 0. The van der Waals surface area contributed by atoms with E-state index in [1.807, 2.05) is 33.8 Å². The molecule has 0 radical (unpaired) electrons. The Hall–Kier alpha value is -4.99. The second-order valence-electron chi connectivity index (χ2n) is 18.7. The molecule has 62 heavy (non-hydrogen) atoms. The predicted octanol–water partition coefficient (Wildman–Crippen LogP) is 4.99. The van der Waals surface area contributed by atoms with Crippen LogP contribution in [0.4, 0.5) is 11.4 Å². The van der Waals surface area contributed by atoms with Crippen LogP contribution in [0.3, 0.4) is 0 Å². The number of hydrogen-bond donors (Lipinski definition) is 4. The number of carbonyl (C=O) groups is 4. The number of piperidine rings is 1. The lowest BCUT2D eigenvalue weighted by Crippen LogP contribution is -2.70. The third-order valence-electron chi connectivity index (χ3n) is 14.3. The van der Waals surface area contributed by atoms with Gasteiger partial charge < -0.3 is 25.3 Å². The van der Waals surface area contributed by atoms with E-state index in [2.05, 4.69) is 72.3 Å². The van der Waals surface area contributed by atoms with Gasteiger partial charge >= 0.3 is 0 Å². The van der Waals surface area contributed by atoms with Gasteiger partial charge in [-0.15, -0.1) is 0 Å². The van der Waals surface area contributed by atoms with Crippen LogP contribution in [0.1, 0.15) is 115 Å². The van der Waals surface area contributed by atoms with Crippen molar-refractivity contribution in [2.24, 2.45) is 15.8 Å². The molecule has 2 atom stereocenters. The fourth-order valence-corrected chi connectivity index (χ4v) is 11.3. The van der Waals surface area contributed by atoms with Crippen molar-refractivity contribution in [1.82, 2.24) is 35.7 Å². The van der Waals surface area contributed by atoms with E-state index in [-0.39, 0.29) is 33.2 Å². The summed E-state index contributed by atoms with van der Waals surface area (Å²) in [5, 5.41) is 5.79. The second kappa shape index (κ2) is 16.6. The minimum absolute atomic E-state index is 0. The van der Waals surface area contributed by atoms with Gasteiger partial charge in [0.05, 0.1) is 22.9 Å². The van der Waals surface area contributed by atoms with Gasteiger partial charge in [0.25, 0.3) is 11.8 Å². The van der Waals surface area contributed by atoms with Crippen molar-refractivity contribution < 1.29 is 26.8 Å². The van der Waals surface area contributed by atoms with Crippen LogP contribution in [-0.2, 0) is 9.59 Å². The predicted molar refractivity (Wildman–Crippen MR) is 243 cm³/mol. The van der Waals surface area contributed by atoms with Gasteiger partial charge in [-0.05, 0) is 92.7 Å². The zero-order chi connectivity index (χ0) is 43.4. The van der Waals surface area contributed by atoms with E-state index in [1.165, 1.54) is 31.4 Å². The number of amides is 4.